The van der Waals surface area contributed by atoms with Crippen molar-refractivity contribution in [3.8, 4) is 11.8 Å². The molecule has 0 saturated heterocycles. The SMILES string of the molecule is CC1=CC[C@H](C(=O)N(I)c2cc(C#CC(C)(C)C)sc2C(=O)O)CC1. The molecule has 0 aromatic carbocycles. The van der Waals surface area contributed by atoms with Gasteiger partial charge in [-0.3, -0.25) is 7.91 Å². The molecule has 0 radical (unpaired) electrons. The topological polar surface area (TPSA) is 57.6 Å². The number of aromatic carboxylic acids is 1. The van der Waals surface area contributed by atoms with Gasteiger partial charge in [0.2, 0.25) is 5.91 Å². The fourth-order valence-electron chi connectivity index (χ4n) is 2.46. The minimum atomic E-state index is -1.03. The first-order valence-electron chi connectivity index (χ1n) is 8.14. The number of nitrogens with zero attached hydrogens (tertiary/aromatic N) is 1. The van der Waals surface area contributed by atoms with Crippen LogP contribution in [0, 0.1) is 23.2 Å². The molecule has 1 atom stereocenters. The van der Waals surface area contributed by atoms with Crippen LogP contribution in [0.2, 0.25) is 0 Å². The smallest absolute Gasteiger partial charge is 0.348 e. The Labute approximate surface area is 166 Å². The lowest BCUT2D eigenvalue weighted by Crippen LogP contribution is -2.29. The van der Waals surface area contributed by atoms with E-state index in [0.29, 0.717) is 17.0 Å². The lowest BCUT2D eigenvalue weighted by atomic mass is 9.89. The van der Waals surface area contributed by atoms with Gasteiger partial charge in [0.25, 0.3) is 0 Å². The summed E-state index contributed by atoms with van der Waals surface area (Å²) in [5, 5.41) is 9.49. The maximum absolute atomic E-state index is 12.8. The molecule has 6 heteroatoms. The van der Waals surface area contributed by atoms with Gasteiger partial charge in [-0.1, -0.05) is 23.5 Å². The number of allylic oxidation sites excluding steroid dienone is 2. The average Bonchev–Trinajstić information content (AvgIpc) is 2.96. The molecule has 0 unspecified atom stereocenters. The number of hydrogen-bond acceptors (Lipinski definition) is 3. The van der Waals surface area contributed by atoms with E-state index in [-0.39, 0.29) is 22.1 Å². The summed E-state index contributed by atoms with van der Waals surface area (Å²) in [6.45, 7) is 8.07. The number of carboxylic acid groups (broad SMARTS) is 1. The number of carboxylic acids is 1. The van der Waals surface area contributed by atoms with Crippen molar-refractivity contribution in [1.29, 1.82) is 0 Å². The second kappa shape index (κ2) is 7.92. The number of halogens is 1. The predicted molar refractivity (Wildman–Crippen MR) is 110 cm³/mol. The third-order valence-corrected chi connectivity index (χ3v) is 5.88. The molecular weight excluding hydrogens is 449 g/mol. The molecule has 0 aliphatic heterocycles. The second-order valence-electron chi connectivity index (χ2n) is 7.27. The largest absolute Gasteiger partial charge is 0.477 e. The highest BCUT2D eigenvalue weighted by atomic mass is 127. The van der Waals surface area contributed by atoms with Crippen LogP contribution in [-0.4, -0.2) is 17.0 Å². The van der Waals surface area contributed by atoms with E-state index in [4.69, 9.17) is 0 Å². The average molecular weight is 471 g/mol. The Morgan fingerprint density at radius 1 is 1.40 bits per heavy atom. The lowest BCUT2D eigenvalue weighted by molar-refractivity contribution is -0.121. The highest BCUT2D eigenvalue weighted by Crippen LogP contribution is 2.35. The van der Waals surface area contributed by atoms with E-state index in [9.17, 15) is 14.7 Å². The minimum absolute atomic E-state index is 0.0417. The fourth-order valence-corrected chi connectivity index (χ4v) is 4.23. The van der Waals surface area contributed by atoms with Gasteiger partial charge >= 0.3 is 5.97 Å². The molecule has 0 bridgehead atoms. The molecule has 1 amide bonds. The molecular formula is C19H22INO3S. The molecule has 0 spiro atoms. The van der Waals surface area contributed by atoms with Crippen LogP contribution in [0.4, 0.5) is 5.69 Å². The summed E-state index contributed by atoms with van der Waals surface area (Å²) in [4.78, 5) is 25.2. The first-order chi connectivity index (χ1) is 11.6. The van der Waals surface area contributed by atoms with E-state index in [1.54, 1.807) is 6.07 Å². The standard InChI is InChI=1S/C19H22INO3S/c1-12-5-7-13(8-6-12)17(22)21(20)15-11-14(9-10-19(2,3)4)25-16(15)18(23)24/h5,11,13H,6-8H2,1-4H3,(H,23,24)/t13-/m0/s1. The molecule has 134 valence electrons. The van der Waals surface area contributed by atoms with E-state index in [1.165, 1.54) is 8.69 Å². The Bertz CT molecular complexity index is 777. The van der Waals surface area contributed by atoms with Crippen molar-refractivity contribution >= 4 is 51.8 Å². The molecule has 1 N–H and O–H groups in total. The first-order valence-corrected chi connectivity index (χ1v) is 9.92. The Balaban J connectivity index is 2.30. The quantitative estimate of drug-likeness (QED) is 0.283. The van der Waals surface area contributed by atoms with Crippen LogP contribution >= 0.6 is 34.2 Å². The van der Waals surface area contributed by atoms with E-state index >= 15 is 0 Å². The molecule has 25 heavy (non-hydrogen) atoms. The number of amides is 1. The summed E-state index contributed by atoms with van der Waals surface area (Å²) in [6, 6.07) is 1.71. The molecule has 0 saturated carbocycles. The monoisotopic (exact) mass is 471 g/mol. The highest BCUT2D eigenvalue weighted by molar-refractivity contribution is 14.1. The number of thiophene rings is 1. The minimum Gasteiger partial charge on any atom is -0.477 e. The van der Waals surface area contributed by atoms with Gasteiger partial charge in [0.05, 0.1) is 33.4 Å². The number of carbonyl (C=O) groups excluding carboxylic acids is 1. The second-order valence-corrected chi connectivity index (χ2v) is 9.29. The van der Waals surface area contributed by atoms with Gasteiger partial charge < -0.3 is 5.11 Å². The Kier molecular flexibility index (Phi) is 6.33. The van der Waals surface area contributed by atoms with Gasteiger partial charge in [0.15, 0.2) is 0 Å². The Morgan fingerprint density at radius 3 is 2.60 bits per heavy atom. The maximum Gasteiger partial charge on any atom is 0.348 e. The van der Waals surface area contributed by atoms with Gasteiger partial charge in [0.1, 0.15) is 4.88 Å². The van der Waals surface area contributed by atoms with E-state index in [2.05, 4.69) is 24.8 Å². The Hall–Kier alpha value is -1.33. The van der Waals surface area contributed by atoms with Gasteiger partial charge in [0, 0.05) is 11.3 Å². The molecule has 1 aromatic rings. The normalized spacial score (nSPS) is 17.3. The summed E-state index contributed by atoms with van der Waals surface area (Å²) in [5.41, 5.74) is 1.57. The molecule has 1 aliphatic carbocycles. The summed E-state index contributed by atoms with van der Waals surface area (Å²) >= 11 is 3.03. The molecule has 1 heterocycles. The number of hydrogen-bond donors (Lipinski definition) is 1. The molecule has 1 aromatic heterocycles. The summed E-state index contributed by atoms with van der Waals surface area (Å²) < 4.78 is 1.46. The van der Waals surface area contributed by atoms with Crippen molar-refractivity contribution in [1.82, 2.24) is 0 Å². The van der Waals surface area contributed by atoms with Crippen molar-refractivity contribution in [2.45, 2.75) is 47.0 Å². The number of anilines is 1. The summed E-state index contributed by atoms with van der Waals surface area (Å²) in [5.74, 6) is 4.98. The molecule has 0 fully saturated rings. The van der Waals surface area contributed by atoms with E-state index < -0.39 is 5.97 Å². The molecule has 2 rings (SSSR count). The van der Waals surface area contributed by atoms with Crippen molar-refractivity contribution in [2.75, 3.05) is 3.11 Å². The number of carbonyl (C=O) groups is 2. The van der Waals surface area contributed by atoms with Crippen molar-refractivity contribution in [2.24, 2.45) is 11.3 Å². The Morgan fingerprint density at radius 2 is 2.08 bits per heavy atom. The zero-order chi connectivity index (χ0) is 18.8. The summed E-state index contributed by atoms with van der Waals surface area (Å²) in [6.07, 6.45) is 4.54. The highest BCUT2D eigenvalue weighted by Gasteiger charge is 2.29. The van der Waals surface area contributed by atoms with E-state index in [0.717, 1.165) is 24.2 Å². The van der Waals surface area contributed by atoms with Crippen LogP contribution in [0.25, 0.3) is 0 Å². The third kappa shape index (κ3) is 5.32. The van der Waals surface area contributed by atoms with Crippen LogP contribution in [0.5, 0.6) is 0 Å². The zero-order valence-electron chi connectivity index (χ0n) is 14.9. The van der Waals surface area contributed by atoms with Crippen molar-refractivity contribution < 1.29 is 14.7 Å². The first kappa shape index (κ1) is 20.0. The third-order valence-electron chi connectivity index (χ3n) is 3.86. The van der Waals surface area contributed by atoms with Crippen LogP contribution in [0.3, 0.4) is 0 Å². The van der Waals surface area contributed by atoms with Gasteiger partial charge in [-0.25, -0.2) is 4.79 Å². The molecule has 4 nitrogen and oxygen atoms in total. The van der Waals surface area contributed by atoms with Crippen molar-refractivity contribution in [3.63, 3.8) is 0 Å². The van der Waals surface area contributed by atoms with Crippen molar-refractivity contribution in [3.05, 3.63) is 27.5 Å². The van der Waals surface area contributed by atoms with Crippen LogP contribution < -0.4 is 3.11 Å². The zero-order valence-corrected chi connectivity index (χ0v) is 17.8. The summed E-state index contributed by atoms with van der Waals surface area (Å²) in [7, 11) is 0. The fraction of sp³-hybridized carbons (Fsp3) is 0.474. The van der Waals surface area contributed by atoms with Gasteiger partial charge in [-0.05, 0) is 53.0 Å². The van der Waals surface area contributed by atoms with Crippen LogP contribution in [0.15, 0.2) is 17.7 Å². The van der Waals surface area contributed by atoms with Gasteiger partial charge in [-0.15, -0.1) is 11.3 Å². The van der Waals surface area contributed by atoms with Gasteiger partial charge in [-0.2, -0.15) is 0 Å². The maximum atomic E-state index is 12.8. The van der Waals surface area contributed by atoms with Crippen LogP contribution in [-0.2, 0) is 4.79 Å². The van der Waals surface area contributed by atoms with E-state index in [1.807, 2.05) is 43.6 Å². The predicted octanol–water partition coefficient (Wildman–Crippen LogP) is 5.27. The molecule has 1 aliphatic rings. The lowest BCUT2D eigenvalue weighted by Gasteiger charge is -2.23. The van der Waals surface area contributed by atoms with Crippen LogP contribution in [0.1, 0.15) is 61.5 Å². The number of rotatable bonds is 3.